The molecule has 0 unspecified atom stereocenters. The van der Waals surface area contributed by atoms with Crippen LogP contribution in [0.25, 0.3) is 0 Å². The van der Waals surface area contributed by atoms with Crippen LogP contribution in [0.5, 0.6) is 0 Å². The summed E-state index contributed by atoms with van der Waals surface area (Å²) in [5.41, 5.74) is 0.214. The number of halogens is 2. The Morgan fingerprint density at radius 2 is 2.26 bits per heavy atom. The maximum absolute atomic E-state index is 13.7. The third-order valence-electron chi connectivity index (χ3n) is 3.45. The number of hydrogen-bond acceptors (Lipinski definition) is 2. The molecule has 19 heavy (non-hydrogen) atoms. The number of hydrogen-bond donors (Lipinski definition) is 1. The largest absolute Gasteiger partial charge is 0.335 e. The first-order valence-corrected chi connectivity index (χ1v) is 7.14. The predicted octanol–water partition coefficient (Wildman–Crippen LogP) is 2.34. The smallest absolute Gasteiger partial charge is 0.227 e. The van der Waals surface area contributed by atoms with E-state index >= 15 is 0 Å². The van der Waals surface area contributed by atoms with Gasteiger partial charge in [0.1, 0.15) is 5.82 Å². The molecular formula is C14H18BrFN2O. The van der Waals surface area contributed by atoms with Gasteiger partial charge in [-0.25, -0.2) is 4.39 Å². The summed E-state index contributed by atoms with van der Waals surface area (Å²) in [6.45, 7) is 6.26. The molecule has 1 heterocycles. The molecule has 1 fully saturated rings. The van der Waals surface area contributed by atoms with Crippen molar-refractivity contribution in [3.05, 3.63) is 34.1 Å². The van der Waals surface area contributed by atoms with Gasteiger partial charge in [0.05, 0.1) is 6.42 Å². The van der Waals surface area contributed by atoms with Crippen LogP contribution in [0.15, 0.2) is 22.7 Å². The Morgan fingerprint density at radius 3 is 2.95 bits per heavy atom. The highest BCUT2D eigenvalue weighted by Gasteiger charge is 2.33. The zero-order valence-corrected chi connectivity index (χ0v) is 12.8. The molecule has 1 aliphatic heterocycles. The first-order valence-electron chi connectivity index (χ1n) is 6.35. The van der Waals surface area contributed by atoms with Gasteiger partial charge in [-0.15, -0.1) is 0 Å². The van der Waals surface area contributed by atoms with Crippen LogP contribution in [0.1, 0.15) is 19.4 Å². The van der Waals surface area contributed by atoms with Crippen molar-refractivity contribution in [3.63, 3.8) is 0 Å². The van der Waals surface area contributed by atoms with Gasteiger partial charge in [-0.2, -0.15) is 0 Å². The molecule has 2 rings (SSSR count). The second-order valence-electron chi connectivity index (χ2n) is 5.45. The number of amides is 1. The van der Waals surface area contributed by atoms with Crippen molar-refractivity contribution in [1.82, 2.24) is 10.2 Å². The molecular weight excluding hydrogens is 311 g/mol. The number of nitrogens with one attached hydrogen (secondary N) is 1. The maximum atomic E-state index is 13.7. The fraction of sp³-hybridized carbons (Fsp3) is 0.500. The molecule has 1 amide bonds. The quantitative estimate of drug-likeness (QED) is 0.903. The van der Waals surface area contributed by atoms with Crippen LogP contribution in [-0.2, 0) is 11.2 Å². The molecule has 0 saturated carbocycles. The fourth-order valence-corrected chi connectivity index (χ4v) is 2.79. The molecule has 0 bridgehead atoms. The molecule has 0 radical (unpaired) electrons. The predicted molar refractivity (Wildman–Crippen MR) is 76.5 cm³/mol. The molecule has 3 nitrogen and oxygen atoms in total. The highest BCUT2D eigenvalue weighted by molar-refractivity contribution is 9.10. The minimum Gasteiger partial charge on any atom is -0.335 e. The molecule has 1 aliphatic rings. The first kappa shape index (κ1) is 14.5. The molecule has 1 saturated heterocycles. The number of rotatable bonds is 2. The molecule has 0 atom stereocenters. The summed E-state index contributed by atoms with van der Waals surface area (Å²) in [7, 11) is 0. The normalized spacial score (nSPS) is 18.4. The highest BCUT2D eigenvalue weighted by atomic mass is 79.9. The Hall–Kier alpha value is -0.940. The van der Waals surface area contributed by atoms with Crippen molar-refractivity contribution < 1.29 is 9.18 Å². The lowest BCUT2D eigenvalue weighted by Gasteiger charge is -2.43. The minimum absolute atomic E-state index is 0.0245. The highest BCUT2D eigenvalue weighted by Crippen LogP contribution is 2.20. The zero-order valence-electron chi connectivity index (χ0n) is 11.2. The molecule has 1 aromatic rings. The zero-order chi connectivity index (χ0) is 14.0. The van der Waals surface area contributed by atoms with Gasteiger partial charge in [0.25, 0.3) is 0 Å². The van der Waals surface area contributed by atoms with Crippen LogP contribution >= 0.6 is 15.9 Å². The lowest BCUT2D eigenvalue weighted by Crippen LogP contribution is -2.60. The summed E-state index contributed by atoms with van der Waals surface area (Å²) >= 11 is 3.30. The van der Waals surface area contributed by atoms with Crippen LogP contribution in [0.4, 0.5) is 4.39 Å². The second-order valence-corrected chi connectivity index (χ2v) is 6.36. The summed E-state index contributed by atoms with van der Waals surface area (Å²) in [6.07, 6.45) is 0.106. The van der Waals surface area contributed by atoms with E-state index in [4.69, 9.17) is 0 Å². The Kier molecular flexibility index (Phi) is 4.26. The van der Waals surface area contributed by atoms with E-state index in [1.54, 1.807) is 12.1 Å². The molecule has 1 aromatic carbocycles. The van der Waals surface area contributed by atoms with Crippen molar-refractivity contribution in [3.8, 4) is 0 Å². The topological polar surface area (TPSA) is 32.3 Å². The van der Waals surface area contributed by atoms with Gasteiger partial charge in [0.15, 0.2) is 0 Å². The summed E-state index contributed by atoms with van der Waals surface area (Å²) in [6, 6.07) is 4.69. The van der Waals surface area contributed by atoms with Crippen molar-refractivity contribution in [2.75, 3.05) is 19.6 Å². The van der Waals surface area contributed by atoms with Gasteiger partial charge in [0, 0.05) is 29.6 Å². The van der Waals surface area contributed by atoms with Crippen LogP contribution in [0, 0.1) is 5.82 Å². The third-order valence-corrected chi connectivity index (χ3v) is 3.94. The molecule has 1 N–H and O–H groups in total. The first-order chi connectivity index (χ1) is 8.90. The van der Waals surface area contributed by atoms with Crippen LogP contribution in [0.3, 0.4) is 0 Å². The van der Waals surface area contributed by atoms with Crippen molar-refractivity contribution in [1.29, 1.82) is 0 Å². The van der Waals surface area contributed by atoms with Crippen LogP contribution in [0.2, 0.25) is 0 Å². The van der Waals surface area contributed by atoms with E-state index in [9.17, 15) is 9.18 Å². The summed E-state index contributed by atoms with van der Waals surface area (Å²) in [4.78, 5) is 14.2. The molecule has 5 heteroatoms. The van der Waals surface area contributed by atoms with E-state index in [0.29, 0.717) is 12.1 Å². The average Bonchev–Trinajstić information content (AvgIpc) is 2.33. The standard InChI is InChI=1S/C14H18BrFN2O/c1-14(2)9-17-5-6-18(14)13(19)8-10-7-11(15)3-4-12(10)16/h3-4,7,17H,5-6,8-9H2,1-2H3. The van der Waals surface area contributed by atoms with E-state index < -0.39 is 0 Å². The lowest BCUT2D eigenvalue weighted by molar-refractivity contribution is -0.136. The van der Waals surface area contributed by atoms with E-state index in [-0.39, 0.29) is 23.7 Å². The second kappa shape index (κ2) is 5.59. The van der Waals surface area contributed by atoms with Gasteiger partial charge in [-0.05, 0) is 37.6 Å². The third kappa shape index (κ3) is 3.34. The van der Waals surface area contributed by atoms with Gasteiger partial charge in [-0.3, -0.25) is 4.79 Å². The van der Waals surface area contributed by atoms with Gasteiger partial charge < -0.3 is 10.2 Å². The van der Waals surface area contributed by atoms with Gasteiger partial charge >= 0.3 is 0 Å². The number of carbonyl (C=O) groups excluding carboxylic acids is 1. The fourth-order valence-electron chi connectivity index (χ4n) is 2.38. The van der Waals surface area contributed by atoms with E-state index in [1.165, 1.54) is 6.07 Å². The lowest BCUT2D eigenvalue weighted by atomic mass is 9.98. The number of nitrogens with zero attached hydrogens (tertiary/aromatic N) is 1. The van der Waals surface area contributed by atoms with E-state index in [0.717, 1.165) is 17.6 Å². The Labute approximate surface area is 121 Å². The molecule has 0 aliphatic carbocycles. The van der Waals surface area contributed by atoms with Crippen molar-refractivity contribution in [2.45, 2.75) is 25.8 Å². The molecule has 0 aromatic heterocycles. The summed E-state index contributed by atoms with van der Waals surface area (Å²) in [5, 5.41) is 3.27. The number of carbonyl (C=O) groups is 1. The van der Waals surface area contributed by atoms with Crippen LogP contribution < -0.4 is 5.32 Å². The van der Waals surface area contributed by atoms with E-state index in [2.05, 4.69) is 21.2 Å². The monoisotopic (exact) mass is 328 g/mol. The van der Waals surface area contributed by atoms with Crippen molar-refractivity contribution >= 4 is 21.8 Å². The molecule has 0 spiro atoms. The summed E-state index contributed by atoms with van der Waals surface area (Å²) < 4.78 is 14.5. The number of piperazine rings is 1. The Bertz CT molecular complexity index is 490. The SMILES string of the molecule is CC1(C)CNCCN1C(=O)Cc1cc(Br)ccc1F. The minimum atomic E-state index is -0.329. The van der Waals surface area contributed by atoms with Crippen LogP contribution in [-0.4, -0.2) is 36.0 Å². The Balaban J connectivity index is 2.14. The van der Waals surface area contributed by atoms with E-state index in [1.807, 2.05) is 18.7 Å². The van der Waals surface area contributed by atoms with Crippen molar-refractivity contribution in [2.24, 2.45) is 0 Å². The maximum Gasteiger partial charge on any atom is 0.227 e. The molecule has 104 valence electrons. The van der Waals surface area contributed by atoms with Gasteiger partial charge in [-0.1, -0.05) is 15.9 Å². The average molecular weight is 329 g/mol. The summed E-state index contributed by atoms with van der Waals surface area (Å²) in [5.74, 6) is -0.354. The Morgan fingerprint density at radius 1 is 1.53 bits per heavy atom. The van der Waals surface area contributed by atoms with Gasteiger partial charge in [0.2, 0.25) is 5.91 Å². The number of benzene rings is 1.